The van der Waals surface area contributed by atoms with Crippen molar-refractivity contribution in [2.75, 3.05) is 11.9 Å². The number of carbonyl (C=O) groups is 2. The molecule has 0 aliphatic heterocycles. The molecule has 0 fully saturated rings. The number of halogens is 1. The van der Waals surface area contributed by atoms with Gasteiger partial charge in [-0.1, -0.05) is 54.9 Å². The maximum absolute atomic E-state index is 12.0. The molecule has 0 bridgehead atoms. The van der Waals surface area contributed by atoms with E-state index in [-0.39, 0.29) is 23.8 Å². The third-order valence-electron chi connectivity index (χ3n) is 3.53. The molecule has 0 saturated carbocycles. The van der Waals surface area contributed by atoms with Crippen LogP contribution in [0.15, 0.2) is 53.0 Å². The number of nitrogens with one attached hydrogen (secondary N) is 2. The van der Waals surface area contributed by atoms with Crippen molar-refractivity contribution in [3.05, 3.63) is 64.1 Å². The van der Waals surface area contributed by atoms with E-state index in [2.05, 4.69) is 47.3 Å². The zero-order valence-corrected chi connectivity index (χ0v) is 15.6. The first-order valence-corrected chi connectivity index (χ1v) is 8.49. The second-order valence-electron chi connectivity index (χ2n) is 6.57. The van der Waals surface area contributed by atoms with Crippen LogP contribution in [0.5, 0.6) is 0 Å². The molecule has 4 nitrogen and oxygen atoms in total. The maximum atomic E-state index is 12.0. The molecule has 2 aromatic rings. The lowest BCUT2D eigenvalue weighted by Crippen LogP contribution is -2.32. The fourth-order valence-electron chi connectivity index (χ4n) is 2.15. The molecular formula is C19H21BrN2O2. The summed E-state index contributed by atoms with van der Waals surface area (Å²) in [5.74, 6) is -0.545. The lowest BCUT2D eigenvalue weighted by molar-refractivity contribution is -0.115. The zero-order valence-electron chi connectivity index (χ0n) is 14.0. The van der Waals surface area contributed by atoms with Crippen LogP contribution in [0, 0.1) is 0 Å². The van der Waals surface area contributed by atoms with Crippen molar-refractivity contribution in [3.63, 3.8) is 0 Å². The first-order chi connectivity index (χ1) is 11.3. The van der Waals surface area contributed by atoms with E-state index in [0.29, 0.717) is 11.3 Å². The second-order valence-corrected chi connectivity index (χ2v) is 7.48. The average Bonchev–Trinajstić information content (AvgIpc) is 2.52. The SMILES string of the molecule is CC(C)(C)c1ccc(NC(=O)CNC(=O)c2cccc(Br)c2)cc1. The van der Waals surface area contributed by atoms with Gasteiger partial charge in [0.1, 0.15) is 0 Å². The molecule has 0 aliphatic rings. The smallest absolute Gasteiger partial charge is 0.251 e. The molecule has 0 aliphatic carbocycles. The van der Waals surface area contributed by atoms with Crippen LogP contribution < -0.4 is 10.6 Å². The second kappa shape index (κ2) is 7.62. The Labute approximate surface area is 150 Å². The fourth-order valence-corrected chi connectivity index (χ4v) is 2.55. The van der Waals surface area contributed by atoms with E-state index in [4.69, 9.17) is 0 Å². The van der Waals surface area contributed by atoms with Crippen molar-refractivity contribution in [1.29, 1.82) is 0 Å². The summed E-state index contributed by atoms with van der Waals surface area (Å²) in [6, 6.07) is 14.7. The number of anilines is 1. The average molecular weight is 389 g/mol. The van der Waals surface area contributed by atoms with Crippen LogP contribution in [0.4, 0.5) is 5.69 Å². The Hall–Kier alpha value is -2.14. The van der Waals surface area contributed by atoms with Crippen molar-refractivity contribution in [2.24, 2.45) is 0 Å². The molecule has 24 heavy (non-hydrogen) atoms. The quantitative estimate of drug-likeness (QED) is 0.827. The van der Waals surface area contributed by atoms with Crippen LogP contribution >= 0.6 is 15.9 Å². The van der Waals surface area contributed by atoms with Crippen molar-refractivity contribution < 1.29 is 9.59 Å². The van der Waals surface area contributed by atoms with Gasteiger partial charge in [0.05, 0.1) is 6.54 Å². The Morgan fingerprint density at radius 3 is 2.29 bits per heavy atom. The molecule has 2 N–H and O–H groups in total. The number of benzene rings is 2. The predicted octanol–water partition coefficient (Wildman–Crippen LogP) is 4.12. The van der Waals surface area contributed by atoms with Crippen molar-refractivity contribution in [3.8, 4) is 0 Å². The first-order valence-electron chi connectivity index (χ1n) is 7.70. The Balaban J connectivity index is 1.88. The lowest BCUT2D eigenvalue weighted by Gasteiger charge is -2.19. The molecule has 0 heterocycles. The number of amides is 2. The summed E-state index contributed by atoms with van der Waals surface area (Å²) in [6.45, 7) is 6.33. The van der Waals surface area contributed by atoms with Gasteiger partial charge in [-0.3, -0.25) is 9.59 Å². The van der Waals surface area contributed by atoms with Gasteiger partial charge in [0, 0.05) is 15.7 Å². The lowest BCUT2D eigenvalue weighted by atomic mass is 9.87. The minimum atomic E-state index is -0.283. The Kier molecular flexibility index (Phi) is 5.78. The highest BCUT2D eigenvalue weighted by molar-refractivity contribution is 9.10. The van der Waals surface area contributed by atoms with Gasteiger partial charge in [0.2, 0.25) is 5.91 Å². The zero-order chi connectivity index (χ0) is 17.7. The third-order valence-corrected chi connectivity index (χ3v) is 4.02. The minimum absolute atomic E-state index is 0.0699. The van der Waals surface area contributed by atoms with Gasteiger partial charge in [0.25, 0.3) is 5.91 Å². The highest BCUT2D eigenvalue weighted by Gasteiger charge is 2.13. The standard InChI is InChI=1S/C19H21BrN2O2/c1-19(2,3)14-7-9-16(10-8-14)22-17(23)12-21-18(24)13-5-4-6-15(20)11-13/h4-11H,12H2,1-3H3,(H,21,24)(H,22,23). The third kappa shape index (κ3) is 5.20. The predicted molar refractivity (Wildman–Crippen MR) is 100 cm³/mol. The Morgan fingerprint density at radius 1 is 1.04 bits per heavy atom. The van der Waals surface area contributed by atoms with E-state index in [9.17, 15) is 9.59 Å². The van der Waals surface area contributed by atoms with Crippen LogP contribution in [0.3, 0.4) is 0 Å². The summed E-state index contributed by atoms with van der Waals surface area (Å²) < 4.78 is 0.818. The number of hydrogen-bond acceptors (Lipinski definition) is 2. The van der Waals surface area contributed by atoms with Gasteiger partial charge >= 0.3 is 0 Å². The summed E-state index contributed by atoms with van der Waals surface area (Å²) in [7, 11) is 0. The van der Waals surface area contributed by atoms with E-state index < -0.39 is 0 Å². The molecule has 0 aromatic heterocycles. The molecular weight excluding hydrogens is 368 g/mol. The van der Waals surface area contributed by atoms with Crippen molar-refractivity contribution >= 4 is 33.4 Å². The maximum Gasteiger partial charge on any atom is 0.251 e. The largest absolute Gasteiger partial charge is 0.343 e. The molecule has 0 saturated heterocycles. The van der Waals surface area contributed by atoms with Crippen LogP contribution in [-0.2, 0) is 10.2 Å². The van der Waals surface area contributed by atoms with Crippen molar-refractivity contribution in [2.45, 2.75) is 26.2 Å². The monoisotopic (exact) mass is 388 g/mol. The number of hydrogen-bond donors (Lipinski definition) is 2. The minimum Gasteiger partial charge on any atom is -0.343 e. The molecule has 0 radical (unpaired) electrons. The summed E-state index contributed by atoms with van der Waals surface area (Å²) >= 11 is 3.32. The van der Waals surface area contributed by atoms with Gasteiger partial charge in [0.15, 0.2) is 0 Å². The normalized spacial score (nSPS) is 11.0. The van der Waals surface area contributed by atoms with Crippen LogP contribution in [0.2, 0.25) is 0 Å². The van der Waals surface area contributed by atoms with E-state index in [1.54, 1.807) is 18.2 Å². The summed E-state index contributed by atoms with van der Waals surface area (Å²) in [6.07, 6.45) is 0. The Morgan fingerprint density at radius 2 is 1.71 bits per heavy atom. The van der Waals surface area contributed by atoms with Gasteiger partial charge in [-0.25, -0.2) is 0 Å². The van der Waals surface area contributed by atoms with Crippen molar-refractivity contribution in [1.82, 2.24) is 5.32 Å². The van der Waals surface area contributed by atoms with Gasteiger partial charge in [-0.15, -0.1) is 0 Å². The first kappa shape index (κ1) is 18.2. The van der Waals surface area contributed by atoms with Crippen LogP contribution in [0.1, 0.15) is 36.7 Å². The van der Waals surface area contributed by atoms with E-state index in [1.165, 1.54) is 5.56 Å². The molecule has 2 amide bonds. The van der Waals surface area contributed by atoms with E-state index in [1.807, 2.05) is 30.3 Å². The molecule has 126 valence electrons. The molecule has 2 aromatic carbocycles. The molecule has 2 rings (SSSR count). The molecule has 0 spiro atoms. The molecule has 0 unspecified atom stereocenters. The topological polar surface area (TPSA) is 58.2 Å². The molecule has 0 atom stereocenters. The van der Waals surface area contributed by atoms with E-state index in [0.717, 1.165) is 4.47 Å². The highest BCUT2D eigenvalue weighted by Crippen LogP contribution is 2.23. The number of rotatable bonds is 4. The molecule has 5 heteroatoms. The summed E-state index contributed by atoms with van der Waals surface area (Å²) in [5, 5.41) is 5.39. The highest BCUT2D eigenvalue weighted by atomic mass is 79.9. The Bertz CT molecular complexity index is 734. The van der Waals surface area contributed by atoms with Crippen LogP contribution in [0.25, 0.3) is 0 Å². The van der Waals surface area contributed by atoms with Gasteiger partial charge < -0.3 is 10.6 Å². The van der Waals surface area contributed by atoms with E-state index >= 15 is 0 Å². The summed E-state index contributed by atoms with van der Waals surface area (Å²) in [4.78, 5) is 24.0. The van der Waals surface area contributed by atoms with Crippen LogP contribution in [-0.4, -0.2) is 18.4 Å². The van der Waals surface area contributed by atoms with Gasteiger partial charge in [-0.2, -0.15) is 0 Å². The number of carbonyl (C=O) groups excluding carboxylic acids is 2. The fraction of sp³-hybridized carbons (Fsp3) is 0.263. The summed E-state index contributed by atoms with van der Waals surface area (Å²) in [5.41, 5.74) is 2.49. The van der Waals surface area contributed by atoms with Gasteiger partial charge in [-0.05, 0) is 41.3 Å².